The molecule has 2 amide bonds. The molecule has 2 N–H and O–H groups in total. The predicted molar refractivity (Wildman–Crippen MR) is 115 cm³/mol. The fourth-order valence-electron chi connectivity index (χ4n) is 2.93. The monoisotopic (exact) mass is 382 g/mol. The lowest BCUT2D eigenvalue weighted by atomic mass is 10.1. The standard InChI is InChI=1S/C22H30N4O2/c1-15-8-7-9-19(16(15)2)24-22(28)21(27)23-14-20(26(5)6)17-10-12-18(13-11-17)25(3)4/h7-13,20H,14H2,1-6H3,(H,23,27)(H,24,28)/t20-/m1/s1. The van der Waals surface area contributed by atoms with Gasteiger partial charge in [0.05, 0.1) is 6.04 Å². The van der Waals surface area contributed by atoms with Crippen LogP contribution in [0.3, 0.4) is 0 Å². The maximum Gasteiger partial charge on any atom is 0.313 e. The maximum absolute atomic E-state index is 12.3. The van der Waals surface area contributed by atoms with Gasteiger partial charge in [0.2, 0.25) is 0 Å². The summed E-state index contributed by atoms with van der Waals surface area (Å²) in [5.74, 6) is -1.30. The van der Waals surface area contributed by atoms with Crippen LogP contribution >= 0.6 is 0 Å². The van der Waals surface area contributed by atoms with Crippen molar-refractivity contribution in [1.82, 2.24) is 10.2 Å². The average Bonchev–Trinajstić information content (AvgIpc) is 2.65. The van der Waals surface area contributed by atoms with Crippen LogP contribution in [0.4, 0.5) is 11.4 Å². The van der Waals surface area contributed by atoms with Crippen LogP contribution in [0.2, 0.25) is 0 Å². The molecule has 0 unspecified atom stereocenters. The first-order valence-electron chi connectivity index (χ1n) is 9.29. The highest BCUT2D eigenvalue weighted by Gasteiger charge is 2.19. The summed E-state index contributed by atoms with van der Waals surface area (Å²) in [4.78, 5) is 28.6. The average molecular weight is 383 g/mol. The van der Waals surface area contributed by atoms with Gasteiger partial charge in [-0.3, -0.25) is 9.59 Å². The molecule has 2 rings (SSSR count). The summed E-state index contributed by atoms with van der Waals surface area (Å²) in [5.41, 5.74) is 4.86. The molecular weight excluding hydrogens is 352 g/mol. The number of nitrogens with one attached hydrogen (secondary N) is 2. The van der Waals surface area contributed by atoms with E-state index in [9.17, 15) is 9.59 Å². The molecule has 0 aliphatic rings. The van der Waals surface area contributed by atoms with E-state index in [0.717, 1.165) is 22.4 Å². The predicted octanol–water partition coefficient (Wildman–Crippen LogP) is 2.73. The number of hydrogen-bond donors (Lipinski definition) is 2. The third kappa shape index (κ3) is 5.33. The molecule has 0 spiro atoms. The molecule has 1 atom stereocenters. The Hall–Kier alpha value is -2.86. The zero-order valence-electron chi connectivity index (χ0n) is 17.5. The second-order valence-corrected chi connectivity index (χ2v) is 7.38. The Labute approximate surface area is 167 Å². The van der Waals surface area contributed by atoms with Crippen molar-refractivity contribution in [2.75, 3.05) is 45.0 Å². The molecule has 0 aromatic heterocycles. The van der Waals surface area contributed by atoms with Crippen LogP contribution in [0.25, 0.3) is 0 Å². The number of carbonyl (C=O) groups excluding carboxylic acids is 2. The summed E-state index contributed by atoms with van der Waals surface area (Å²) >= 11 is 0. The van der Waals surface area contributed by atoms with Crippen molar-refractivity contribution >= 4 is 23.2 Å². The van der Waals surface area contributed by atoms with Gasteiger partial charge in [-0.05, 0) is 62.8 Å². The number of amides is 2. The molecule has 0 saturated carbocycles. The van der Waals surface area contributed by atoms with Crippen LogP contribution in [0.5, 0.6) is 0 Å². The number of likely N-dealkylation sites (N-methyl/N-ethyl adjacent to an activating group) is 1. The molecule has 0 aliphatic heterocycles. The van der Waals surface area contributed by atoms with E-state index in [1.807, 2.05) is 88.2 Å². The first kappa shape index (κ1) is 21.4. The smallest absolute Gasteiger partial charge is 0.313 e. The summed E-state index contributed by atoms with van der Waals surface area (Å²) in [6, 6.07) is 13.8. The summed E-state index contributed by atoms with van der Waals surface area (Å²) in [7, 11) is 7.89. The van der Waals surface area contributed by atoms with Crippen LogP contribution < -0.4 is 15.5 Å². The highest BCUT2D eigenvalue weighted by atomic mass is 16.2. The third-order valence-electron chi connectivity index (χ3n) is 4.93. The first-order chi connectivity index (χ1) is 13.2. The minimum Gasteiger partial charge on any atom is -0.378 e. The lowest BCUT2D eigenvalue weighted by molar-refractivity contribution is -0.136. The number of nitrogens with zero attached hydrogens (tertiary/aromatic N) is 2. The van der Waals surface area contributed by atoms with E-state index in [1.54, 1.807) is 6.07 Å². The molecule has 0 fully saturated rings. The number of benzene rings is 2. The van der Waals surface area contributed by atoms with Crippen LogP contribution in [0.1, 0.15) is 22.7 Å². The first-order valence-corrected chi connectivity index (χ1v) is 9.29. The molecule has 28 heavy (non-hydrogen) atoms. The number of aryl methyl sites for hydroxylation is 1. The largest absolute Gasteiger partial charge is 0.378 e. The van der Waals surface area contributed by atoms with Crippen LogP contribution in [0, 0.1) is 13.8 Å². The minimum atomic E-state index is -0.658. The second kappa shape index (κ2) is 9.37. The van der Waals surface area contributed by atoms with E-state index in [0.29, 0.717) is 12.2 Å². The normalized spacial score (nSPS) is 11.8. The van der Waals surface area contributed by atoms with Crippen molar-refractivity contribution in [3.8, 4) is 0 Å². The van der Waals surface area contributed by atoms with Gasteiger partial charge >= 0.3 is 11.8 Å². The SMILES string of the molecule is Cc1cccc(NC(=O)C(=O)NC[C@H](c2ccc(N(C)C)cc2)N(C)C)c1C. The van der Waals surface area contributed by atoms with Gasteiger partial charge in [0, 0.05) is 32.0 Å². The van der Waals surface area contributed by atoms with E-state index in [-0.39, 0.29) is 6.04 Å². The Morgan fingerprint density at radius 2 is 1.57 bits per heavy atom. The topological polar surface area (TPSA) is 64.7 Å². The van der Waals surface area contributed by atoms with Crippen molar-refractivity contribution in [3.63, 3.8) is 0 Å². The Kier molecular flexibility index (Phi) is 7.18. The quantitative estimate of drug-likeness (QED) is 0.754. The summed E-state index contributed by atoms with van der Waals surface area (Å²) in [6.07, 6.45) is 0. The molecule has 0 radical (unpaired) electrons. The second-order valence-electron chi connectivity index (χ2n) is 7.38. The van der Waals surface area contributed by atoms with Crippen LogP contribution in [-0.4, -0.2) is 51.4 Å². The molecule has 0 aliphatic carbocycles. The molecule has 6 nitrogen and oxygen atoms in total. The van der Waals surface area contributed by atoms with Gasteiger partial charge in [0.25, 0.3) is 0 Å². The number of hydrogen-bond acceptors (Lipinski definition) is 4. The molecule has 2 aromatic carbocycles. The maximum atomic E-state index is 12.3. The molecule has 0 heterocycles. The Bertz CT molecular complexity index is 829. The van der Waals surface area contributed by atoms with Gasteiger partial charge in [-0.1, -0.05) is 24.3 Å². The Morgan fingerprint density at radius 1 is 0.929 bits per heavy atom. The van der Waals surface area contributed by atoms with Crippen LogP contribution in [-0.2, 0) is 9.59 Å². The number of carbonyl (C=O) groups is 2. The van der Waals surface area contributed by atoms with Crippen molar-refractivity contribution in [2.24, 2.45) is 0 Å². The van der Waals surface area contributed by atoms with Gasteiger partial charge < -0.3 is 20.4 Å². The fourth-order valence-corrected chi connectivity index (χ4v) is 2.93. The zero-order valence-corrected chi connectivity index (χ0v) is 17.5. The fraction of sp³-hybridized carbons (Fsp3) is 0.364. The van der Waals surface area contributed by atoms with E-state index < -0.39 is 11.8 Å². The van der Waals surface area contributed by atoms with E-state index in [2.05, 4.69) is 10.6 Å². The van der Waals surface area contributed by atoms with Gasteiger partial charge in [-0.15, -0.1) is 0 Å². The van der Waals surface area contributed by atoms with Crippen molar-refractivity contribution < 1.29 is 9.59 Å². The minimum absolute atomic E-state index is 0.0336. The molecule has 2 aromatic rings. The van der Waals surface area contributed by atoms with Crippen molar-refractivity contribution in [3.05, 3.63) is 59.2 Å². The summed E-state index contributed by atoms with van der Waals surface area (Å²) in [6.45, 7) is 4.23. The third-order valence-corrected chi connectivity index (χ3v) is 4.93. The van der Waals surface area contributed by atoms with Crippen molar-refractivity contribution in [2.45, 2.75) is 19.9 Å². The lowest BCUT2D eigenvalue weighted by Gasteiger charge is -2.25. The van der Waals surface area contributed by atoms with E-state index in [1.165, 1.54) is 0 Å². The molecule has 150 valence electrons. The number of rotatable bonds is 6. The van der Waals surface area contributed by atoms with Gasteiger partial charge in [0.1, 0.15) is 0 Å². The zero-order chi connectivity index (χ0) is 20.8. The van der Waals surface area contributed by atoms with Crippen molar-refractivity contribution in [1.29, 1.82) is 0 Å². The van der Waals surface area contributed by atoms with Gasteiger partial charge in [-0.2, -0.15) is 0 Å². The highest BCUT2D eigenvalue weighted by molar-refractivity contribution is 6.39. The van der Waals surface area contributed by atoms with Crippen LogP contribution in [0.15, 0.2) is 42.5 Å². The lowest BCUT2D eigenvalue weighted by Crippen LogP contribution is -2.40. The Morgan fingerprint density at radius 3 is 2.14 bits per heavy atom. The van der Waals surface area contributed by atoms with Gasteiger partial charge in [-0.25, -0.2) is 0 Å². The molecule has 6 heteroatoms. The molecule has 0 saturated heterocycles. The summed E-state index contributed by atoms with van der Waals surface area (Å²) in [5, 5.41) is 5.44. The van der Waals surface area contributed by atoms with E-state index in [4.69, 9.17) is 0 Å². The molecular formula is C22H30N4O2. The number of anilines is 2. The Balaban J connectivity index is 2.01. The highest BCUT2D eigenvalue weighted by Crippen LogP contribution is 2.21. The van der Waals surface area contributed by atoms with Gasteiger partial charge in [0.15, 0.2) is 0 Å². The molecule has 0 bridgehead atoms. The van der Waals surface area contributed by atoms with E-state index >= 15 is 0 Å². The summed E-state index contributed by atoms with van der Waals surface area (Å²) < 4.78 is 0.